The SMILES string of the molecule is C#CCNC(=O)C(C)n1sc2c(c1=O)-c1ccccc1C2(O)OC. The van der Waals surface area contributed by atoms with Crippen molar-refractivity contribution >= 4 is 17.4 Å². The molecule has 2 N–H and O–H groups in total. The van der Waals surface area contributed by atoms with Crippen molar-refractivity contribution in [2.75, 3.05) is 13.7 Å². The lowest BCUT2D eigenvalue weighted by Crippen LogP contribution is -2.34. The van der Waals surface area contributed by atoms with Crippen molar-refractivity contribution in [3.05, 3.63) is 45.1 Å². The van der Waals surface area contributed by atoms with E-state index in [4.69, 9.17) is 11.2 Å². The minimum Gasteiger partial charge on any atom is -0.357 e. The van der Waals surface area contributed by atoms with E-state index >= 15 is 0 Å². The average Bonchev–Trinajstić information content (AvgIpc) is 3.07. The van der Waals surface area contributed by atoms with E-state index in [0.717, 1.165) is 11.5 Å². The van der Waals surface area contributed by atoms with E-state index in [1.165, 1.54) is 11.1 Å². The minimum atomic E-state index is -1.68. The first kappa shape index (κ1) is 16.5. The number of carbonyl (C=O) groups is 1. The predicted octanol–water partition coefficient (Wildman–Crippen LogP) is 1.04. The van der Waals surface area contributed by atoms with Crippen LogP contribution in [0.4, 0.5) is 0 Å². The molecule has 0 spiro atoms. The van der Waals surface area contributed by atoms with E-state index in [0.29, 0.717) is 21.6 Å². The molecule has 2 aromatic rings. The number of nitrogens with one attached hydrogen (secondary N) is 1. The molecular weight excluding hydrogens is 328 g/mol. The maximum absolute atomic E-state index is 12.8. The first-order valence-corrected chi connectivity index (χ1v) is 8.08. The van der Waals surface area contributed by atoms with Gasteiger partial charge in [-0.15, -0.1) is 6.42 Å². The molecule has 1 aliphatic carbocycles. The third kappa shape index (κ3) is 2.19. The first-order chi connectivity index (χ1) is 11.5. The number of carbonyl (C=O) groups excluding carboxylic acids is 1. The van der Waals surface area contributed by atoms with Crippen LogP contribution in [0.25, 0.3) is 11.1 Å². The molecule has 1 amide bonds. The number of aliphatic hydroxyl groups is 1. The van der Waals surface area contributed by atoms with Crippen LogP contribution < -0.4 is 10.9 Å². The fourth-order valence-electron chi connectivity index (χ4n) is 2.83. The van der Waals surface area contributed by atoms with Crippen molar-refractivity contribution in [1.82, 2.24) is 9.27 Å². The molecule has 2 atom stereocenters. The van der Waals surface area contributed by atoms with Gasteiger partial charge in [0.1, 0.15) is 6.04 Å². The largest absolute Gasteiger partial charge is 0.357 e. The normalized spacial score (nSPS) is 19.2. The second kappa shape index (κ2) is 5.91. The summed E-state index contributed by atoms with van der Waals surface area (Å²) in [6.45, 7) is 1.70. The maximum Gasteiger partial charge on any atom is 0.269 e. The van der Waals surface area contributed by atoms with Crippen LogP contribution >= 0.6 is 11.5 Å². The van der Waals surface area contributed by atoms with Gasteiger partial charge in [-0.05, 0) is 12.5 Å². The molecule has 1 aromatic heterocycles. The highest BCUT2D eigenvalue weighted by molar-refractivity contribution is 7.07. The average molecular weight is 344 g/mol. The smallest absolute Gasteiger partial charge is 0.269 e. The lowest BCUT2D eigenvalue weighted by atomic mass is 10.1. The number of fused-ring (bicyclic) bond motifs is 3. The Morgan fingerprint density at radius 2 is 2.25 bits per heavy atom. The predicted molar refractivity (Wildman–Crippen MR) is 90.6 cm³/mol. The number of rotatable bonds is 4. The molecule has 6 nitrogen and oxygen atoms in total. The van der Waals surface area contributed by atoms with E-state index in [1.54, 1.807) is 31.2 Å². The third-order valence-electron chi connectivity index (χ3n) is 4.09. The quantitative estimate of drug-likeness (QED) is 0.641. The van der Waals surface area contributed by atoms with Crippen LogP contribution in [0.5, 0.6) is 0 Å². The lowest BCUT2D eigenvalue weighted by molar-refractivity contribution is -0.154. The zero-order valence-corrected chi connectivity index (χ0v) is 14.0. The number of aromatic nitrogens is 1. The zero-order valence-electron chi connectivity index (χ0n) is 13.2. The summed E-state index contributed by atoms with van der Waals surface area (Å²) in [5, 5.41) is 13.5. The summed E-state index contributed by atoms with van der Waals surface area (Å²) in [4.78, 5) is 25.3. The monoisotopic (exact) mass is 344 g/mol. The van der Waals surface area contributed by atoms with Crippen LogP contribution in [0.15, 0.2) is 29.1 Å². The highest BCUT2D eigenvalue weighted by Crippen LogP contribution is 2.48. The van der Waals surface area contributed by atoms with Crippen molar-refractivity contribution < 1.29 is 14.6 Å². The minimum absolute atomic E-state index is 0.0911. The summed E-state index contributed by atoms with van der Waals surface area (Å²) in [6, 6.07) is 6.29. The summed E-state index contributed by atoms with van der Waals surface area (Å²) in [5.41, 5.74) is 1.19. The Morgan fingerprint density at radius 1 is 1.54 bits per heavy atom. The van der Waals surface area contributed by atoms with Gasteiger partial charge in [0.15, 0.2) is 0 Å². The van der Waals surface area contributed by atoms with Gasteiger partial charge in [0.05, 0.1) is 17.0 Å². The number of ether oxygens (including phenoxy) is 1. The number of benzene rings is 1. The van der Waals surface area contributed by atoms with E-state index < -0.39 is 11.8 Å². The lowest BCUT2D eigenvalue weighted by Gasteiger charge is -2.22. The van der Waals surface area contributed by atoms with Gasteiger partial charge in [0.2, 0.25) is 11.7 Å². The second-order valence-electron chi connectivity index (χ2n) is 5.42. The first-order valence-electron chi connectivity index (χ1n) is 7.30. The Hall–Kier alpha value is -2.40. The Kier molecular flexibility index (Phi) is 4.05. The van der Waals surface area contributed by atoms with Gasteiger partial charge in [-0.1, -0.05) is 41.7 Å². The van der Waals surface area contributed by atoms with Crippen LogP contribution in [0, 0.1) is 12.3 Å². The molecule has 1 aliphatic rings. The molecule has 3 rings (SSSR count). The standard InChI is InChI=1S/C17H16N2O4S/c1-4-9-18-15(20)10(2)19-16(21)13-11-7-5-6-8-12(11)17(22,23-3)14(13)24-19/h1,5-8,10,22H,9H2,2-3H3,(H,18,20). The number of hydrogen-bond acceptors (Lipinski definition) is 5. The summed E-state index contributed by atoms with van der Waals surface area (Å²) in [5.74, 6) is 0.276. The molecule has 7 heteroatoms. The van der Waals surface area contributed by atoms with Crippen molar-refractivity contribution in [3.63, 3.8) is 0 Å². The Balaban J connectivity index is 2.13. The van der Waals surface area contributed by atoms with E-state index in [9.17, 15) is 14.7 Å². The number of amides is 1. The Bertz CT molecular complexity index is 908. The Labute approximate surface area is 142 Å². The topological polar surface area (TPSA) is 80.6 Å². The molecule has 0 saturated heterocycles. The molecule has 0 bridgehead atoms. The van der Waals surface area contributed by atoms with E-state index in [-0.39, 0.29) is 18.0 Å². The van der Waals surface area contributed by atoms with Crippen LogP contribution in [-0.2, 0) is 15.3 Å². The molecule has 2 unspecified atom stereocenters. The molecule has 0 radical (unpaired) electrons. The molecule has 0 aliphatic heterocycles. The maximum atomic E-state index is 12.8. The number of terminal acetylenes is 1. The molecule has 1 heterocycles. The van der Waals surface area contributed by atoms with E-state index in [2.05, 4.69) is 11.2 Å². The van der Waals surface area contributed by atoms with Gasteiger partial charge in [0.25, 0.3) is 5.56 Å². The zero-order chi connectivity index (χ0) is 17.5. The van der Waals surface area contributed by atoms with Crippen LogP contribution in [0.2, 0.25) is 0 Å². The summed E-state index contributed by atoms with van der Waals surface area (Å²) >= 11 is 1.02. The Morgan fingerprint density at radius 3 is 2.92 bits per heavy atom. The molecule has 1 aromatic carbocycles. The highest BCUT2D eigenvalue weighted by Gasteiger charge is 2.46. The van der Waals surface area contributed by atoms with Crippen LogP contribution in [0.1, 0.15) is 23.4 Å². The van der Waals surface area contributed by atoms with Gasteiger partial charge in [0, 0.05) is 12.7 Å². The summed E-state index contributed by atoms with van der Waals surface area (Å²) in [6.07, 6.45) is 5.13. The molecule has 24 heavy (non-hydrogen) atoms. The van der Waals surface area contributed by atoms with Crippen LogP contribution in [-0.4, -0.2) is 28.6 Å². The van der Waals surface area contributed by atoms with Gasteiger partial charge in [-0.3, -0.25) is 13.5 Å². The van der Waals surface area contributed by atoms with Gasteiger partial charge in [-0.25, -0.2) is 0 Å². The van der Waals surface area contributed by atoms with Crippen LogP contribution in [0.3, 0.4) is 0 Å². The van der Waals surface area contributed by atoms with Gasteiger partial charge < -0.3 is 15.2 Å². The number of nitrogens with zero attached hydrogens (tertiary/aromatic N) is 1. The highest BCUT2D eigenvalue weighted by atomic mass is 32.1. The van der Waals surface area contributed by atoms with Crippen molar-refractivity contribution in [2.24, 2.45) is 0 Å². The molecule has 124 valence electrons. The van der Waals surface area contributed by atoms with Gasteiger partial charge >= 0.3 is 0 Å². The second-order valence-corrected chi connectivity index (χ2v) is 6.40. The fraction of sp³-hybridized carbons (Fsp3) is 0.294. The van der Waals surface area contributed by atoms with Crippen molar-refractivity contribution in [2.45, 2.75) is 18.8 Å². The summed E-state index contributed by atoms with van der Waals surface area (Å²) < 4.78 is 6.64. The van der Waals surface area contributed by atoms with Gasteiger partial charge in [-0.2, -0.15) is 0 Å². The third-order valence-corrected chi connectivity index (χ3v) is 5.43. The van der Waals surface area contributed by atoms with E-state index in [1.807, 2.05) is 0 Å². The molecular formula is C17H16N2O4S. The van der Waals surface area contributed by atoms with Crippen molar-refractivity contribution in [1.29, 1.82) is 0 Å². The van der Waals surface area contributed by atoms with Crippen molar-refractivity contribution in [3.8, 4) is 23.5 Å². The number of methoxy groups -OCH3 is 1. The molecule has 0 fully saturated rings. The number of hydrogen-bond donors (Lipinski definition) is 2. The molecule has 0 saturated carbocycles. The fourth-order valence-corrected chi connectivity index (χ4v) is 4.06. The summed E-state index contributed by atoms with van der Waals surface area (Å²) in [7, 11) is 1.38.